The second kappa shape index (κ2) is 5.97. The Hall–Kier alpha value is -2.70. The zero-order chi connectivity index (χ0) is 15.5. The summed E-state index contributed by atoms with van der Waals surface area (Å²) in [7, 11) is 0. The van der Waals surface area contributed by atoms with Gasteiger partial charge in [0.25, 0.3) is 5.91 Å². The summed E-state index contributed by atoms with van der Waals surface area (Å²) in [5, 5.41) is 17.0. The van der Waals surface area contributed by atoms with Gasteiger partial charge in [-0.2, -0.15) is 15.0 Å². The van der Waals surface area contributed by atoms with E-state index in [1.54, 1.807) is 35.5 Å². The lowest BCUT2D eigenvalue weighted by Crippen LogP contribution is -2.35. The first-order valence-corrected chi connectivity index (χ1v) is 7.15. The molecule has 114 valence electrons. The van der Waals surface area contributed by atoms with Crippen molar-refractivity contribution in [3.05, 3.63) is 42.2 Å². The number of rotatable bonds is 6. The summed E-state index contributed by atoms with van der Waals surface area (Å²) in [6, 6.07) is 7.23. The maximum absolute atomic E-state index is 12.8. The molecule has 0 bridgehead atoms. The van der Waals surface area contributed by atoms with Crippen LogP contribution in [0.5, 0.6) is 0 Å². The molecule has 1 saturated carbocycles. The van der Waals surface area contributed by atoms with Crippen molar-refractivity contribution in [2.75, 3.05) is 6.54 Å². The van der Waals surface area contributed by atoms with Gasteiger partial charge in [0, 0.05) is 12.6 Å². The van der Waals surface area contributed by atoms with E-state index in [1.807, 2.05) is 6.07 Å². The molecule has 1 heterocycles. The molecule has 1 aromatic heterocycles. The predicted molar refractivity (Wildman–Crippen MR) is 77.7 cm³/mol. The molecule has 1 amide bonds. The van der Waals surface area contributed by atoms with Gasteiger partial charge in [-0.1, -0.05) is 12.1 Å². The molecule has 0 aliphatic heterocycles. The third-order valence-corrected chi connectivity index (χ3v) is 3.58. The standard InChI is InChI=1S/C15H16N4O3/c20-14(21)7-10-18(11-5-6-11)15(22)12-3-1-2-4-13(12)19-16-8-9-17-19/h1-4,8-9,11H,5-7,10H2,(H,20,21). The monoisotopic (exact) mass is 300 g/mol. The van der Waals surface area contributed by atoms with E-state index in [0.29, 0.717) is 11.3 Å². The Bertz CT molecular complexity index is 680. The minimum absolute atomic E-state index is 0.0512. The van der Waals surface area contributed by atoms with Crippen molar-refractivity contribution >= 4 is 11.9 Å². The largest absolute Gasteiger partial charge is 0.481 e. The van der Waals surface area contributed by atoms with Crippen LogP contribution < -0.4 is 0 Å². The Morgan fingerprint density at radius 1 is 1.23 bits per heavy atom. The summed E-state index contributed by atoms with van der Waals surface area (Å²) in [5.74, 6) is -1.07. The summed E-state index contributed by atoms with van der Waals surface area (Å²) in [5.41, 5.74) is 1.08. The summed E-state index contributed by atoms with van der Waals surface area (Å²) in [4.78, 5) is 26.7. The molecule has 0 unspecified atom stereocenters. The molecular formula is C15H16N4O3. The minimum Gasteiger partial charge on any atom is -0.481 e. The van der Waals surface area contributed by atoms with Gasteiger partial charge >= 0.3 is 5.97 Å². The number of carbonyl (C=O) groups excluding carboxylic acids is 1. The lowest BCUT2D eigenvalue weighted by atomic mass is 10.1. The highest BCUT2D eigenvalue weighted by Gasteiger charge is 2.34. The fourth-order valence-electron chi connectivity index (χ4n) is 2.38. The van der Waals surface area contributed by atoms with Crippen molar-refractivity contribution in [3.8, 4) is 5.69 Å². The second-order valence-electron chi connectivity index (χ2n) is 5.21. The molecule has 0 atom stereocenters. The van der Waals surface area contributed by atoms with E-state index in [1.165, 1.54) is 4.80 Å². The van der Waals surface area contributed by atoms with E-state index >= 15 is 0 Å². The number of benzene rings is 1. The van der Waals surface area contributed by atoms with E-state index in [-0.39, 0.29) is 24.9 Å². The number of carboxylic acid groups (broad SMARTS) is 1. The zero-order valence-electron chi connectivity index (χ0n) is 11.9. The van der Waals surface area contributed by atoms with Crippen LogP contribution >= 0.6 is 0 Å². The molecule has 1 aliphatic rings. The summed E-state index contributed by atoms with van der Waals surface area (Å²) in [6.45, 7) is 0.222. The summed E-state index contributed by atoms with van der Waals surface area (Å²) >= 11 is 0. The van der Waals surface area contributed by atoms with Crippen LogP contribution in [0.2, 0.25) is 0 Å². The Kier molecular flexibility index (Phi) is 3.86. The molecule has 1 aliphatic carbocycles. The van der Waals surface area contributed by atoms with Crippen LogP contribution in [0.3, 0.4) is 0 Å². The molecule has 2 aromatic rings. The molecule has 1 N–H and O–H groups in total. The van der Waals surface area contributed by atoms with Gasteiger partial charge in [0.2, 0.25) is 0 Å². The van der Waals surface area contributed by atoms with Crippen molar-refractivity contribution in [1.82, 2.24) is 19.9 Å². The van der Waals surface area contributed by atoms with Gasteiger partial charge in [-0.05, 0) is 25.0 Å². The Morgan fingerprint density at radius 3 is 2.55 bits per heavy atom. The molecule has 7 heteroatoms. The lowest BCUT2D eigenvalue weighted by Gasteiger charge is -2.22. The minimum atomic E-state index is -0.902. The smallest absolute Gasteiger partial charge is 0.305 e. The SMILES string of the molecule is O=C(O)CCN(C(=O)c1ccccc1-n1nccn1)C1CC1. The van der Waals surface area contributed by atoms with Gasteiger partial charge in [-0.25, -0.2) is 0 Å². The van der Waals surface area contributed by atoms with Crippen molar-refractivity contribution < 1.29 is 14.7 Å². The predicted octanol–water partition coefficient (Wildman–Crippen LogP) is 1.35. The Labute approximate surface area is 127 Å². The number of nitrogens with zero attached hydrogens (tertiary/aromatic N) is 4. The number of amides is 1. The zero-order valence-corrected chi connectivity index (χ0v) is 11.9. The van der Waals surface area contributed by atoms with E-state index < -0.39 is 5.97 Å². The van der Waals surface area contributed by atoms with Crippen LogP contribution in [0.25, 0.3) is 5.69 Å². The lowest BCUT2D eigenvalue weighted by molar-refractivity contribution is -0.137. The second-order valence-corrected chi connectivity index (χ2v) is 5.21. The maximum Gasteiger partial charge on any atom is 0.305 e. The highest BCUT2D eigenvalue weighted by atomic mass is 16.4. The van der Waals surface area contributed by atoms with Crippen molar-refractivity contribution in [1.29, 1.82) is 0 Å². The van der Waals surface area contributed by atoms with Crippen LogP contribution in [0.15, 0.2) is 36.7 Å². The highest BCUT2D eigenvalue weighted by molar-refractivity contribution is 5.98. The molecule has 1 aromatic carbocycles. The quantitative estimate of drug-likeness (QED) is 0.870. The molecule has 1 fully saturated rings. The number of carboxylic acids is 1. The fourth-order valence-corrected chi connectivity index (χ4v) is 2.38. The number of aliphatic carboxylic acids is 1. The maximum atomic E-state index is 12.8. The number of aromatic nitrogens is 3. The molecule has 3 rings (SSSR count). The number of hydrogen-bond donors (Lipinski definition) is 1. The van der Waals surface area contributed by atoms with Crippen molar-refractivity contribution in [3.63, 3.8) is 0 Å². The first-order valence-electron chi connectivity index (χ1n) is 7.15. The average Bonchev–Trinajstić information content (AvgIpc) is 3.20. The average molecular weight is 300 g/mol. The van der Waals surface area contributed by atoms with Crippen LogP contribution in [0.1, 0.15) is 29.6 Å². The molecule has 0 saturated heterocycles. The van der Waals surface area contributed by atoms with Crippen LogP contribution in [0.4, 0.5) is 0 Å². The topological polar surface area (TPSA) is 88.3 Å². The van der Waals surface area contributed by atoms with Gasteiger partial charge in [0.15, 0.2) is 0 Å². The third kappa shape index (κ3) is 2.98. The van der Waals surface area contributed by atoms with E-state index in [9.17, 15) is 9.59 Å². The third-order valence-electron chi connectivity index (χ3n) is 3.58. The number of hydrogen-bond acceptors (Lipinski definition) is 4. The molecular weight excluding hydrogens is 284 g/mol. The van der Waals surface area contributed by atoms with Gasteiger partial charge < -0.3 is 10.0 Å². The molecule has 7 nitrogen and oxygen atoms in total. The fraction of sp³-hybridized carbons (Fsp3) is 0.333. The van der Waals surface area contributed by atoms with Crippen LogP contribution in [-0.4, -0.2) is 49.5 Å². The van der Waals surface area contributed by atoms with E-state index in [4.69, 9.17) is 5.11 Å². The van der Waals surface area contributed by atoms with E-state index in [2.05, 4.69) is 10.2 Å². The number of carbonyl (C=O) groups is 2. The Balaban J connectivity index is 1.89. The molecule has 0 spiro atoms. The van der Waals surface area contributed by atoms with Crippen LogP contribution in [0, 0.1) is 0 Å². The van der Waals surface area contributed by atoms with Crippen molar-refractivity contribution in [2.24, 2.45) is 0 Å². The Morgan fingerprint density at radius 2 is 1.91 bits per heavy atom. The number of para-hydroxylation sites is 1. The van der Waals surface area contributed by atoms with Gasteiger partial charge in [0.05, 0.1) is 30.1 Å². The van der Waals surface area contributed by atoms with Crippen molar-refractivity contribution in [2.45, 2.75) is 25.3 Å². The van der Waals surface area contributed by atoms with Gasteiger partial charge in [-0.15, -0.1) is 0 Å². The van der Waals surface area contributed by atoms with Gasteiger partial charge in [-0.3, -0.25) is 9.59 Å². The van der Waals surface area contributed by atoms with Gasteiger partial charge in [0.1, 0.15) is 0 Å². The molecule has 0 radical (unpaired) electrons. The first-order chi connectivity index (χ1) is 10.7. The summed E-state index contributed by atoms with van der Waals surface area (Å²) in [6.07, 6.45) is 4.89. The highest BCUT2D eigenvalue weighted by Crippen LogP contribution is 2.29. The summed E-state index contributed by atoms with van der Waals surface area (Å²) < 4.78 is 0. The normalized spacial score (nSPS) is 13.8. The molecule has 22 heavy (non-hydrogen) atoms. The first kappa shape index (κ1) is 14.2. The van der Waals surface area contributed by atoms with E-state index in [0.717, 1.165) is 12.8 Å². The van der Waals surface area contributed by atoms with Crippen LogP contribution in [-0.2, 0) is 4.79 Å².